The van der Waals surface area contributed by atoms with Gasteiger partial charge in [-0.05, 0) is 52.9 Å². The first-order valence-electron chi connectivity index (χ1n) is 11.4. The summed E-state index contributed by atoms with van der Waals surface area (Å²) in [5.74, 6) is 1.84. The molecule has 3 aromatic rings. The van der Waals surface area contributed by atoms with Crippen molar-refractivity contribution in [3.05, 3.63) is 84.3 Å². The van der Waals surface area contributed by atoms with E-state index < -0.39 is 6.93 Å². The third kappa shape index (κ3) is 6.88. The van der Waals surface area contributed by atoms with Crippen LogP contribution in [0.4, 0.5) is 8.78 Å². The summed E-state index contributed by atoms with van der Waals surface area (Å²) in [6, 6.07) is 13.4. The number of hydrogen-bond acceptors (Lipinski definition) is 0. The van der Waals surface area contributed by atoms with E-state index in [0.717, 1.165) is 0 Å². The van der Waals surface area contributed by atoms with Gasteiger partial charge in [-0.15, -0.1) is 0 Å². The van der Waals surface area contributed by atoms with E-state index in [2.05, 4.69) is 120 Å². The number of hydrogen-bond donors (Lipinski definition) is 0. The zero-order valence-electron chi connectivity index (χ0n) is 21.0. The molecular weight excluding hydrogens is 510 g/mol. The van der Waals surface area contributed by atoms with E-state index >= 15 is 0 Å². The molecule has 0 spiro atoms. The van der Waals surface area contributed by atoms with E-state index in [9.17, 15) is 8.78 Å². The predicted octanol–water partition coefficient (Wildman–Crippen LogP) is 8.09. The van der Waals surface area contributed by atoms with Crippen LogP contribution in [0, 0.1) is 13.3 Å². The van der Waals surface area contributed by atoms with Crippen LogP contribution in [0.25, 0.3) is 11.4 Å². The Morgan fingerprint density at radius 1 is 0.727 bits per heavy atom. The van der Waals surface area contributed by atoms with E-state index in [1.165, 1.54) is 33.6 Å². The van der Waals surface area contributed by atoms with Crippen molar-refractivity contribution in [2.24, 2.45) is 0 Å². The van der Waals surface area contributed by atoms with Gasteiger partial charge in [0.15, 0.2) is 0 Å². The fourth-order valence-corrected chi connectivity index (χ4v) is 4.14. The number of nitrogens with zero attached hydrogens (tertiary/aromatic N) is 2. The van der Waals surface area contributed by atoms with E-state index in [1.54, 1.807) is 0 Å². The molecule has 33 heavy (non-hydrogen) atoms. The molecule has 0 bridgehead atoms. The summed E-state index contributed by atoms with van der Waals surface area (Å²) in [4.78, 5) is 0. The molecule has 0 fully saturated rings. The maximum Gasteiger partial charge on any atom is 1.00 e. The van der Waals surface area contributed by atoms with Gasteiger partial charge >= 0.3 is 22.4 Å². The molecule has 2 aromatic carbocycles. The average molecular weight is 547 g/mol. The Morgan fingerprint density at radius 3 is 1.45 bits per heavy atom. The van der Waals surface area contributed by atoms with Crippen LogP contribution in [-0.2, 0) is 22.4 Å². The van der Waals surface area contributed by atoms with Gasteiger partial charge < -0.3 is 8.78 Å². The molecule has 0 radical (unpaired) electrons. The fourth-order valence-electron chi connectivity index (χ4n) is 4.14. The molecule has 0 saturated carbocycles. The Hall–Kier alpha value is -1.75. The molecule has 0 aliphatic heterocycles. The molecular formula is C28H37AgF2N2. The third-order valence-electron chi connectivity index (χ3n) is 5.75. The number of halogens is 2. The van der Waals surface area contributed by atoms with Gasteiger partial charge in [-0.2, -0.15) is 0 Å². The van der Waals surface area contributed by atoms with Crippen LogP contribution < -0.4 is 4.57 Å². The Balaban J connectivity index is 0.00000129. The van der Waals surface area contributed by atoms with Crippen LogP contribution in [0.1, 0.15) is 101 Å². The van der Waals surface area contributed by atoms with E-state index in [1.807, 2.05) is 0 Å². The quantitative estimate of drug-likeness (QED) is 0.168. The zero-order chi connectivity index (χ0) is 24.0. The molecule has 0 atom stereocenters. The van der Waals surface area contributed by atoms with Crippen molar-refractivity contribution in [1.82, 2.24) is 4.57 Å². The summed E-state index contributed by atoms with van der Waals surface area (Å²) in [7, 11) is 0. The molecule has 0 unspecified atom stereocenters. The topological polar surface area (TPSA) is 8.81 Å². The standard InChI is InChI=1S/C27H36N2.CHF2.Ag/c1-18(2)22-11-9-12-23(19(3)4)26(22)28-15-16-29(17-28)27-24(20(5)6)13-10-14-25(27)21(7)8;2-1-3;/h9-16,18-21H,1-8H3;1H;/q;-1;+1. The molecule has 184 valence electrons. The molecule has 1 heterocycles. The van der Waals surface area contributed by atoms with Gasteiger partial charge in [0.05, 0.1) is 11.4 Å². The van der Waals surface area contributed by atoms with Gasteiger partial charge in [-0.3, -0.25) is 9.13 Å². The maximum absolute atomic E-state index is 9.50. The minimum Gasteiger partial charge on any atom is -0.425 e. The molecule has 0 N–H and O–H groups in total. The van der Waals surface area contributed by atoms with Gasteiger partial charge in [-0.25, -0.2) is 0 Å². The normalized spacial score (nSPS) is 11.1. The van der Waals surface area contributed by atoms with Crippen molar-refractivity contribution in [3.63, 3.8) is 0 Å². The van der Waals surface area contributed by atoms with Gasteiger partial charge in [0.1, 0.15) is 0 Å². The Kier molecular flexibility index (Phi) is 11.7. The largest absolute Gasteiger partial charge is 1.00 e. The summed E-state index contributed by atoms with van der Waals surface area (Å²) < 4.78 is 23.4. The number of imidazole rings is 1. The van der Waals surface area contributed by atoms with Crippen molar-refractivity contribution < 1.29 is 35.7 Å². The predicted molar refractivity (Wildman–Crippen MR) is 129 cm³/mol. The Bertz CT molecular complexity index is 876. The average Bonchev–Trinajstić information content (AvgIpc) is 3.22. The molecule has 0 aliphatic rings. The van der Waals surface area contributed by atoms with Crippen LogP contribution >= 0.6 is 0 Å². The second-order valence-electron chi connectivity index (χ2n) is 9.41. The van der Waals surface area contributed by atoms with E-state index in [0.29, 0.717) is 23.7 Å². The monoisotopic (exact) mass is 546 g/mol. The second kappa shape index (κ2) is 13.2. The van der Waals surface area contributed by atoms with Crippen molar-refractivity contribution in [1.29, 1.82) is 0 Å². The molecule has 1 aromatic heterocycles. The van der Waals surface area contributed by atoms with Crippen LogP contribution in [0.3, 0.4) is 0 Å². The molecule has 5 heteroatoms. The first-order valence-corrected chi connectivity index (χ1v) is 11.4. The smallest absolute Gasteiger partial charge is 0.425 e. The molecule has 0 amide bonds. The van der Waals surface area contributed by atoms with Crippen molar-refractivity contribution in [3.8, 4) is 11.4 Å². The van der Waals surface area contributed by atoms with Crippen LogP contribution in [0.2, 0.25) is 0 Å². The summed E-state index contributed by atoms with van der Waals surface area (Å²) in [5.41, 5.74) is 8.05. The van der Waals surface area contributed by atoms with E-state index in [-0.39, 0.29) is 22.4 Å². The number of benzene rings is 2. The molecule has 3 rings (SSSR count). The fraction of sp³-hybridized carbons (Fsp3) is 0.429. The minimum absolute atomic E-state index is 0. The molecule has 0 saturated heterocycles. The molecule has 0 aliphatic carbocycles. The zero-order valence-corrected chi connectivity index (χ0v) is 22.4. The van der Waals surface area contributed by atoms with Crippen LogP contribution in [0.5, 0.6) is 0 Å². The van der Waals surface area contributed by atoms with Gasteiger partial charge in [0, 0.05) is 12.4 Å². The Morgan fingerprint density at radius 2 is 1.09 bits per heavy atom. The van der Waals surface area contributed by atoms with Crippen molar-refractivity contribution >= 4 is 0 Å². The summed E-state index contributed by atoms with van der Waals surface area (Å²) >= 11 is 0. The number of aromatic nitrogens is 2. The molecule has 2 nitrogen and oxygen atoms in total. The summed E-state index contributed by atoms with van der Waals surface area (Å²) in [6.45, 7) is 17.2. The maximum atomic E-state index is 9.50. The van der Waals surface area contributed by atoms with Crippen molar-refractivity contribution in [2.75, 3.05) is 0 Å². The van der Waals surface area contributed by atoms with Gasteiger partial charge in [0.25, 0.3) is 6.33 Å². The van der Waals surface area contributed by atoms with Crippen LogP contribution in [-0.4, -0.2) is 4.57 Å². The van der Waals surface area contributed by atoms with Crippen molar-refractivity contribution in [2.45, 2.75) is 79.1 Å². The second-order valence-corrected chi connectivity index (χ2v) is 9.41. The summed E-state index contributed by atoms with van der Waals surface area (Å²) in [6.07, 6.45) is 7.98. The minimum atomic E-state index is -1.00. The van der Waals surface area contributed by atoms with Gasteiger partial charge in [-0.1, -0.05) is 91.8 Å². The Labute approximate surface area is 214 Å². The first kappa shape index (κ1) is 29.3. The third-order valence-corrected chi connectivity index (χ3v) is 5.75. The van der Waals surface area contributed by atoms with Crippen LogP contribution in [0.15, 0.2) is 48.8 Å². The van der Waals surface area contributed by atoms with E-state index in [4.69, 9.17) is 0 Å². The first-order chi connectivity index (χ1) is 15.1. The summed E-state index contributed by atoms with van der Waals surface area (Å²) in [5, 5.41) is 0. The van der Waals surface area contributed by atoms with Gasteiger partial charge in [0.2, 0.25) is 0 Å². The number of para-hydroxylation sites is 2. The SMILES string of the molecule is CC(C)c1cccc(C(C)C)c1-n1[c-][n+](-c2c(C(C)C)cccc2C(C)C)cc1.F[CH-]F.[Ag+]. The number of rotatable bonds is 6.